The Kier molecular flexibility index (Phi) is 5.87. The molecule has 0 saturated carbocycles. The molecule has 3 aromatic heterocycles. The number of anilines is 2. The number of hydrogen-bond acceptors (Lipinski definition) is 6. The number of imidazole rings is 1. The number of carbonyl (C=O) groups excluding carboxylic acids is 1. The van der Waals surface area contributed by atoms with E-state index in [4.69, 9.17) is 9.72 Å². The Morgan fingerprint density at radius 3 is 2.74 bits per heavy atom. The Hall–Kier alpha value is -3.59. The molecular weight excluding hydrogens is 430 g/mol. The van der Waals surface area contributed by atoms with Gasteiger partial charge in [-0.15, -0.1) is 0 Å². The van der Waals surface area contributed by atoms with Crippen molar-refractivity contribution in [3.63, 3.8) is 0 Å². The number of amides is 1. The number of benzene rings is 1. The number of pyridine rings is 1. The summed E-state index contributed by atoms with van der Waals surface area (Å²) in [6, 6.07) is 8.19. The molecule has 0 unspecified atom stereocenters. The zero-order valence-electron chi connectivity index (χ0n) is 20.1. The summed E-state index contributed by atoms with van der Waals surface area (Å²) < 4.78 is 9.30. The number of carbonyl (C=O) groups is 1. The molecule has 4 heterocycles. The van der Waals surface area contributed by atoms with Crippen molar-refractivity contribution >= 4 is 34.0 Å². The number of aryl methyl sites for hydroxylation is 2. The average Bonchev–Trinajstić information content (AvgIpc) is 3.39. The van der Waals surface area contributed by atoms with Gasteiger partial charge in [0, 0.05) is 50.0 Å². The van der Waals surface area contributed by atoms with E-state index >= 15 is 0 Å². The summed E-state index contributed by atoms with van der Waals surface area (Å²) in [6.45, 7) is 7.04. The van der Waals surface area contributed by atoms with Gasteiger partial charge in [-0.2, -0.15) is 5.10 Å². The van der Waals surface area contributed by atoms with Crippen LogP contribution < -0.4 is 20.3 Å². The summed E-state index contributed by atoms with van der Waals surface area (Å²) in [5, 5.41) is 11.9. The van der Waals surface area contributed by atoms with Crippen molar-refractivity contribution in [2.75, 3.05) is 37.0 Å². The van der Waals surface area contributed by atoms with Crippen LogP contribution in [0.15, 0.2) is 36.7 Å². The fourth-order valence-electron chi connectivity index (χ4n) is 4.84. The molecule has 5 rings (SSSR count). The summed E-state index contributed by atoms with van der Waals surface area (Å²) >= 11 is 0. The molecule has 9 nitrogen and oxygen atoms in total. The van der Waals surface area contributed by atoms with Gasteiger partial charge in [0.1, 0.15) is 11.6 Å². The van der Waals surface area contributed by atoms with Gasteiger partial charge in [-0.3, -0.25) is 13.9 Å². The molecule has 0 radical (unpaired) electrons. The van der Waals surface area contributed by atoms with Crippen molar-refractivity contribution in [2.24, 2.45) is 7.05 Å². The Balaban J connectivity index is 1.45. The molecule has 0 aliphatic carbocycles. The lowest BCUT2D eigenvalue weighted by Crippen LogP contribution is -2.43. The third-order valence-corrected chi connectivity index (χ3v) is 6.46. The van der Waals surface area contributed by atoms with E-state index in [1.54, 1.807) is 11.8 Å². The number of aromatic nitrogens is 4. The largest absolute Gasteiger partial charge is 0.494 e. The minimum absolute atomic E-state index is 0.227. The fraction of sp³-hybridized carbons (Fsp3) is 0.400. The number of nitrogens with one attached hydrogen (secondary N) is 2. The van der Waals surface area contributed by atoms with Crippen LogP contribution in [0, 0.1) is 6.92 Å². The van der Waals surface area contributed by atoms with Gasteiger partial charge in [0.25, 0.3) is 5.91 Å². The van der Waals surface area contributed by atoms with Gasteiger partial charge in [0.15, 0.2) is 5.65 Å². The molecule has 2 N–H and O–H groups in total. The predicted molar refractivity (Wildman–Crippen MR) is 134 cm³/mol. The number of fused-ring (bicyclic) bond motifs is 2. The molecule has 4 aromatic rings. The summed E-state index contributed by atoms with van der Waals surface area (Å²) in [5.41, 5.74) is 3.46. The number of methoxy groups -OCH3 is 1. The second kappa shape index (κ2) is 8.98. The standard InChI is InChI=1S/C25H31N7O2/c1-5-26-18-8-10-31(11-9-18)23-7-6-19(24-27-16(2)14-32(23)24)25(33)28-21-12-17-15-30(3)29-20(17)13-22(21)34-4/h6-7,12-15,18,26H,5,8-11H2,1-4H3,(H,28,33). The summed E-state index contributed by atoms with van der Waals surface area (Å²) in [5.74, 6) is 1.40. The highest BCUT2D eigenvalue weighted by Gasteiger charge is 2.23. The molecule has 1 aromatic carbocycles. The van der Waals surface area contributed by atoms with Crippen molar-refractivity contribution in [1.82, 2.24) is 24.5 Å². The van der Waals surface area contributed by atoms with E-state index in [1.165, 1.54) is 0 Å². The fourth-order valence-corrected chi connectivity index (χ4v) is 4.84. The third kappa shape index (κ3) is 4.07. The van der Waals surface area contributed by atoms with E-state index in [-0.39, 0.29) is 5.91 Å². The van der Waals surface area contributed by atoms with Gasteiger partial charge < -0.3 is 20.3 Å². The molecule has 1 aliphatic rings. The maximum absolute atomic E-state index is 13.4. The number of piperidine rings is 1. The molecule has 1 aliphatic heterocycles. The molecule has 1 saturated heterocycles. The van der Waals surface area contributed by atoms with E-state index in [9.17, 15) is 4.79 Å². The van der Waals surface area contributed by atoms with Gasteiger partial charge in [-0.25, -0.2) is 4.98 Å². The molecule has 1 fully saturated rings. The number of hydrogen-bond donors (Lipinski definition) is 2. The molecule has 178 valence electrons. The van der Waals surface area contributed by atoms with Gasteiger partial charge in [-0.05, 0) is 44.5 Å². The SMILES string of the molecule is CCNC1CCN(c2ccc(C(=O)Nc3cc4cn(C)nc4cc3OC)c3nc(C)cn23)CC1. The van der Waals surface area contributed by atoms with Crippen LogP contribution in [0.5, 0.6) is 5.75 Å². The summed E-state index contributed by atoms with van der Waals surface area (Å²) in [4.78, 5) is 20.5. The van der Waals surface area contributed by atoms with Crippen molar-refractivity contribution in [3.05, 3.63) is 47.9 Å². The first-order valence-corrected chi connectivity index (χ1v) is 11.8. The van der Waals surface area contributed by atoms with Crippen molar-refractivity contribution < 1.29 is 9.53 Å². The van der Waals surface area contributed by atoms with Gasteiger partial charge in [0.05, 0.1) is 29.6 Å². The van der Waals surface area contributed by atoms with Crippen LogP contribution in [-0.2, 0) is 7.05 Å². The zero-order chi connectivity index (χ0) is 23.8. The van der Waals surface area contributed by atoms with Crippen LogP contribution in [0.2, 0.25) is 0 Å². The summed E-state index contributed by atoms with van der Waals surface area (Å²) in [6.07, 6.45) is 6.11. The van der Waals surface area contributed by atoms with E-state index in [0.29, 0.717) is 28.7 Å². The normalized spacial score (nSPS) is 14.8. The van der Waals surface area contributed by atoms with Gasteiger partial charge in [0.2, 0.25) is 0 Å². The Labute approximate surface area is 198 Å². The van der Waals surface area contributed by atoms with E-state index in [1.807, 2.05) is 55.0 Å². The Bertz CT molecular complexity index is 1350. The lowest BCUT2D eigenvalue weighted by molar-refractivity contribution is 0.102. The smallest absolute Gasteiger partial charge is 0.259 e. The molecule has 9 heteroatoms. The molecule has 0 atom stereocenters. The maximum atomic E-state index is 13.4. The van der Waals surface area contributed by atoms with E-state index in [2.05, 4.69) is 27.6 Å². The quantitative estimate of drug-likeness (QED) is 0.458. The minimum atomic E-state index is -0.227. The van der Waals surface area contributed by atoms with Crippen molar-refractivity contribution in [3.8, 4) is 5.75 Å². The topological polar surface area (TPSA) is 88.7 Å². The van der Waals surface area contributed by atoms with Crippen LogP contribution >= 0.6 is 0 Å². The zero-order valence-corrected chi connectivity index (χ0v) is 20.1. The van der Waals surface area contributed by atoms with Crippen LogP contribution in [0.25, 0.3) is 16.6 Å². The second-order valence-electron chi connectivity index (χ2n) is 8.87. The van der Waals surface area contributed by atoms with Crippen LogP contribution in [0.1, 0.15) is 35.8 Å². The lowest BCUT2D eigenvalue weighted by atomic mass is 10.0. The highest BCUT2D eigenvalue weighted by Crippen LogP contribution is 2.31. The molecule has 0 spiro atoms. The summed E-state index contributed by atoms with van der Waals surface area (Å²) in [7, 11) is 3.45. The first kappa shape index (κ1) is 22.2. The molecule has 1 amide bonds. The second-order valence-corrected chi connectivity index (χ2v) is 8.87. The van der Waals surface area contributed by atoms with Crippen LogP contribution in [0.3, 0.4) is 0 Å². The Morgan fingerprint density at radius 1 is 1.21 bits per heavy atom. The number of ether oxygens (including phenoxy) is 1. The highest BCUT2D eigenvalue weighted by atomic mass is 16.5. The van der Waals surface area contributed by atoms with E-state index in [0.717, 1.165) is 54.9 Å². The minimum Gasteiger partial charge on any atom is -0.494 e. The highest BCUT2D eigenvalue weighted by molar-refractivity contribution is 6.10. The molecule has 0 bridgehead atoms. The number of nitrogens with zero attached hydrogens (tertiary/aromatic N) is 5. The first-order chi connectivity index (χ1) is 16.5. The first-order valence-electron chi connectivity index (χ1n) is 11.8. The predicted octanol–water partition coefficient (Wildman–Crippen LogP) is 3.37. The van der Waals surface area contributed by atoms with Crippen LogP contribution in [-0.4, -0.2) is 57.9 Å². The monoisotopic (exact) mass is 461 g/mol. The molecular formula is C25H31N7O2. The Morgan fingerprint density at radius 2 is 2.00 bits per heavy atom. The maximum Gasteiger partial charge on any atom is 0.259 e. The van der Waals surface area contributed by atoms with Crippen molar-refractivity contribution in [2.45, 2.75) is 32.7 Å². The van der Waals surface area contributed by atoms with Crippen LogP contribution in [0.4, 0.5) is 11.5 Å². The number of rotatable bonds is 6. The van der Waals surface area contributed by atoms with E-state index < -0.39 is 0 Å². The van der Waals surface area contributed by atoms with Gasteiger partial charge in [-0.1, -0.05) is 6.92 Å². The van der Waals surface area contributed by atoms with Gasteiger partial charge >= 0.3 is 0 Å². The average molecular weight is 462 g/mol. The molecule has 34 heavy (non-hydrogen) atoms. The lowest BCUT2D eigenvalue weighted by Gasteiger charge is -2.34. The van der Waals surface area contributed by atoms with Crippen molar-refractivity contribution in [1.29, 1.82) is 0 Å². The third-order valence-electron chi connectivity index (χ3n) is 6.46.